The summed E-state index contributed by atoms with van der Waals surface area (Å²) in [4.78, 5) is 10.8. The summed E-state index contributed by atoms with van der Waals surface area (Å²) < 4.78 is 24.4. The van der Waals surface area contributed by atoms with Crippen LogP contribution in [0.25, 0.3) is 6.08 Å². The van der Waals surface area contributed by atoms with Crippen molar-refractivity contribution < 1.29 is 13.2 Å². The van der Waals surface area contributed by atoms with Gasteiger partial charge in [0.25, 0.3) is 0 Å². The zero-order chi connectivity index (χ0) is 11.1. The molecule has 0 radical (unpaired) electrons. The van der Waals surface area contributed by atoms with E-state index >= 15 is 0 Å². The molecule has 78 valence electrons. The van der Waals surface area contributed by atoms with Crippen LogP contribution in [0, 0.1) is 0 Å². The molecular formula is C10H7BrO3S. The van der Waals surface area contributed by atoms with Gasteiger partial charge in [-0.1, -0.05) is 12.1 Å². The first-order valence-corrected chi connectivity index (χ1v) is 6.53. The third-order valence-corrected chi connectivity index (χ3v) is 5.10. The van der Waals surface area contributed by atoms with E-state index in [1.807, 2.05) is 0 Å². The Hall–Kier alpha value is -0.940. The summed E-state index contributed by atoms with van der Waals surface area (Å²) in [5.74, 6) is 0. The number of fused-ring (bicyclic) bond motifs is 1. The molecule has 0 saturated carbocycles. The van der Waals surface area contributed by atoms with Crippen LogP contribution in [0.3, 0.4) is 0 Å². The lowest BCUT2D eigenvalue weighted by Crippen LogP contribution is -2.01. The molecule has 0 fully saturated rings. The molecule has 0 bridgehead atoms. The fourth-order valence-corrected chi connectivity index (χ4v) is 4.17. The molecule has 0 amide bonds. The molecule has 0 saturated heterocycles. The summed E-state index contributed by atoms with van der Waals surface area (Å²) in [7, 11) is -3.46. The molecule has 1 heterocycles. The number of hydrogen-bond donors (Lipinski definition) is 0. The summed E-state index contributed by atoms with van der Waals surface area (Å²) in [6.45, 7) is 0. The maximum atomic E-state index is 11.9. The van der Waals surface area contributed by atoms with Crippen molar-refractivity contribution in [2.75, 3.05) is 0 Å². The lowest BCUT2D eigenvalue weighted by Gasteiger charge is -2.02. The summed E-state index contributed by atoms with van der Waals surface area (Å²) in [6, 6.07) is 5.16. The lowest BCUT2D eigenvalue weighted by molar-refractivity contribution is -0.107. The van der Waals surface area contributed by atoms with Crippen molar-refractivity contribution in [3.05, 3.63) is 33.1 Å². The smallest absolute Gasteiger partial charge is 0.204 e. The van der Waals surface area contributed by atoms with Gasteiger partial charge in [-0.2, -0.15) is 0 Å². The summed E-state index contributed by atoms with van der Waals surface area (Å²) in [5, 5.41) is 0. The number of carbonyl (C=O) groups is 1. The van der Waals surface area contributed by atoms with E-state index in [4.69, 9.17) is 0 Å². The van der Waals surface area contributed by atoms with Crippen molar-refractivity contribution in [1.82, 2.24) is 0 Å². The summed E-state index contributed by atoms with van der Waals surface area (Å²) >= 11 is 3.20. The predicted molar refractivity (Wildman–Crippen MR) is 60.0 cm³/mol. The van der Waals surface area contributed by atoms with E-state index in [-0.39, 0.29) is 16.2 Å². The van der Waals surface area contributed by atoms with Gasteiger partial charge in [-0.15, -0.1) is 0 Å². The minimum absolute atomic E-state index is 0.0660. The van der Waals surface area contributed by atoms with Gasteiger partial charge in [-0.3, -0.25) is 0 Å². The first-order valence-electron chi connectivity index (χ1n) is 4.25. The first-order chi connectivity index (χ1) is 7.07. The van der Waals surface area contributed by atoms with E-state index in [2.05, 4.69) is 15.9 Å². The highest BCUT2D eigenvalue weighted by atomic mass is 79.9. The number of halogens is 1. The van der Waals surface area contributed by atoms with Gasteiger partial charge in [0, 0.05) is 10.9 Å². The molecule has 1 aromatic carbocycles. The van der Waals surface area contributed by atoms with Crippen LogP contribution in [0.4, 0.5) is 0 Å². The molecule has 0 spiro atoms. The monoisotopic (exact) mass is 286 g/mol. The highest BCUT2D eigenvalue weighted by molar-refractivity contribution is 9.10. The van der Waals surface area contributed by atoms with E-state index in [1.54, 1.807) is 24.3 Å². The van der Waals surface area contributed by atoms with Crippen LogP contribution in [0.2, 0.25) is 0 Å². The number of hydrogen-bond acceptors (Lipinski definition) is 3. The highest BCUT2D eigenvalue weighted by Crippen LogP contribution is 2.38. The Kier molecular flexibility index (Phi) is 2.52. The molecule has 1 aromatic rings. The SMILES string of the molecule is O=CCC1=Cc2cccc(Br)c2S1(=O)=O. The average molecular weight is 287 g/mol. The van der Waals surface area contributed by atoms with Gasteiger partial charge in [-0.05, 0) is 33.6 Å². The van der Waals surface area contributed by atoms with Gasteiger partial charge in [0.05, 0.1) is 9.80 Å². The number of allylic oxidation sites excluding steroid dienone is 1. The minimum Gasteiger partial charge on any atom is -0.303 e. The Balaban J connectivity index is 2.68. The Labute approximate surface area is 95.9 Å². The van der Waals surface area contributed by atoms with E-state index in [9.17, 15) is 13.2 Å². The molecule has 1 aliphatic rings. The first kappa shape index (κ1) is 10.6. The second-order valence-corrected chi connectivity index (χ2v) is 5.94. The number of carbonyl (C=O) groups excluding carboxylic acids is 1. The zero-order valence-electron chi connectivity index (χ0n) is 7.60. The van der Waals surface area contributed by atoms with Gasteiger partial charge in [-0.25, -0.2) is 8.42 Å². The molecule has 3 nitrogen and oxygen atoms in total. The quantitative estimate of drug-likeness (QED) is 0.783. The fourth-order valence-electron chi connectivity index (χ4n) is 1.56. The van der Waals surface area contributed by atoms with Crippen molar-refractivity contribution >= 4 is 38.1 Å². The van der Waals surface area contributed by atoms with Gasteiger partial charge in [0.1, 0.15) is 6.29 Å². The van der Waals surface area contributed by atoms with Crippen molar-refractivity contribution in [3.8, 4) is 0 Å². The molecule has 1 aliphatic heterocycles. The second kappa shape index (κ2) is 3.57. The van der Waals surface area contributed by atoms with Gasteiger partial charge in [0.2, 0.25) is 9.84 Å². The van der Waals surface area contributed by atoms with Crippen molar-refractivity contribution in [1.29, 1.82) is 0 Å². The minimum atomic E-state index is -3.46. The average Bonchev–Trinajstić information content (AvgIpc) is 2.40. The molecule has 0 unspecified atom stereocenters. The van der Waals surface area contributed by atoms with Crippen LogP contribution in [-0.2, 0) is 14.6 Å². The maximum Gasteiger partial charge on any atom is 0.204 e. The van der Waals surface area contributed by atoms with Crippen LogP contribution in [0.5, 0.6) is 0 Å². The molecule has 0 aliphatic carbocycles. The van der Waals surface area contributed by atoms with E-state index in [0.29, 0.717) is 16.3 Å². The summed E-state index contributed by atoms with van der Waals surface area (Å²) in [5.41, 5.74) is 0.640. The van der Waals surface area contributed by atoms with Crippen molar-refractivity contribution in [2.45, 2.75) is 11.3 Å². The van der Waals surface area contributed by atoms with Crippen molar-refractivity contribution in [3.63, 3.8) is 0 Å². The number of benzene rings is 1. The predicted octanol–water partition coefficient (Wildman–Crippen LogP) is 2.17. The van der Waals surface area contributed by atoms with Crippen LogP contribution in [0.1, 0.15) is 12.0 Å². The van der Waals surface area contributed by atoms with Crippen LogP contribution >= 0.6 is 15.9 Å². The third kappa shape index (κ3) is 1.55. The van der Waals surface area contributed by atoms with E-state index in [1.165, 1.54) is 0 Å². The Bertz CT molecular complexity index is 558. The Morgan fingerprint density at radius 2 is 2.07 bits per heavy atom. The standard InChI is InChI=1S/C10H7BrO3S/c11-9-3-1-2-7-6-8(4-5-12)15(13,14)10(7)9/h1-3,5-6H,4H2. The number of sulfone groups is 1. The second-order valence-electron chi connectivity index (χ2n) is 3.14. The molecule has 15 heavy (non-hydrogen) atoms. The van der Waals surface area contributed by atoms with Gasteiger partial charge in [0.15, 0.2) is 0 Å². The largest absolute Gasteiger partial charge is 0.303 e. The van der Waals surface area contributed by atoms with E-state index < -0.39 is 9.84 Å². The Morgan fingerprint density at radius 1 is 1.33 bits per heavy atom. The summed E-state index contributed by atoms with van der Waals surface area (Å²) in [6.07, 6.45) is 2.08. The van der Waals surface area contributed by atoms with Crippen LogP contribution in [0.15, 0.2) is 32.5 Å². The van der Waals surface area contributed by atoms with Crippen LogP contribution in [-0.4, -0.2) is 14.7 Å². The topological polar surface area (TPSA) is 51.2 Å². The molecule has 0 aromatic heterocycles. The highest BCUT2D eigenvalue weighted by Gasteiger charge is 2.30. The molecule has 2 rings (SSSR count). The normalized spacial score (nSPS) is 17.0. The van der Waals surface area contributed by atoms with Gasteiger partial charge >= 0.3 is 0 Å². The third-order valence-electron chi connectivity index (χ3n) is 2.21. The van der Waals surface area contributed by atoms with Gasteiger partial charge < -0.3 is 4.79 Å². The Morgan fingerprint density at radius 3 is 2.67 bits per heavy atom. The maximum absolute atomic E-state index is 11.9. The molecule has 5 heteroatoms. The zero-order valence-corrected chi connectivity index (χ0v) is 10.0. The fraction of sp³-hybridized carbons (Fsp3) is 0.100. The van der Waals surface area contributed by atoms with E-state index in [0.717, 1.165) is 0 Å². The van der Waals surface area contributed by atoms with Crippen molar-refractivity contribution in [2.24, 2.45) is 0 Å². The number of rotatable bonds is 2. The number of aldehydes is 1. The lowest BCUT2D eigenvalue weighted by atomic mass is 10.2. The molecule has 0 atom stereocenters. The van der Waals surface area contributed by atoms with Crippen LogP contribution < -0.4 is 0 Å². The molecule has 0 N–H and O–H groups in total. The molecular weight excluding hydrogens is 280 g/mol.